The Morgan fingerprint density at radius 1 is 1.09 bits per heavy atom. The Hall–Kier alpha value is -3.15. The first kappa shape index (κ1) is 13.5. The number of rotatable bonds is 2. The molecule has 0 aliphatic rings. The number of ether oxygens (including phenoxy) is 1. The first-order valence-corrected chi connectivity index (χ1v) is 7.01. The van der Waals surface area contributed by atoms with E-state index in [2.05, 4.69) is 15.0 Å². The maximum absolute atomic E-state index is 14.6. The van der Waals surface area contributed by atoms with Crippen LogP contribution in [0, 0.1) is 12.7 Å². The predicted molar refractivity (Wildman–Crippen MR) is 84.3 cm³/mol. The Kier molecular flexibility index (Phi) is 2.90. The van der Waals surface area contributed by atoms with Gasteiger partial charge in [-0.05, 0) is 37.3 Å². The van der Waals surface area contributed by atoms with Gasteiger partial charge in [-0.1, -0.05) is 0 Å². The van der Waals surface area contributed by atoms with Crippen molar-refractivity contribution in [1.29, 1.82) is 0 Å². The number of H-pyrrole nitrogens is 1. The zero-order chi connectivity index (χ0) is 16.0. The Bertz CT molecular complexity index is 1040. The summed E-state index contributed by atoms with van der Waals surface area (Å²) in [5, 5.41) is 10.6. The summed E-state index contributed by atoms with van der Waals surface area (Å²) in [4.78, 5) is 11.2. The Labute approximate surface area is 130 Å². The lowest BCUT2D eigenvalue weighted by Crippen LogP contribution is -1.93. The van der Waals surface area contributed by atoms with E-state index >= 15 is 0 Å². The third kappa shape index (κ3) is 2.24. The molecule has 0 fully saturated rings. The van der Waals surface area contributed by atoms with E-state index in [4.69, 9.17) is 4.74 Å². The molecule has 4 rings (SSSR count). The van der Waals surface area contributed by atoms with Gasteiger partial charge in [-0.2, -0.15) is 0 Å². The van der Waals surface area contributed by atoms with Gasteiger partial charge in [-0.15, -0.1) is 0 Å². The molecule has 0 spiro atoms. The molecule has 0 saturated heterocycles. The van der Waals surface area contributed by atoms with Crippen molar-refractivity contribution in [3.63, 3.8) is 0 Å². The molecule has 114 valence electrons. The number of benzene rings is 2. The largest absolute Gasteiger partial charge is 0.508 e. The highest BCUT2D eigenvalue weighted by molar-refractivity contribution is 5.85. The topological polar surface area (TPSA) is 71.0 Å². The maximum Gasteiger partial charge on any atom is 0.230 e. The Morgan fingerprint density at radius 3 is 2.83 bits per heavy atom. The van der Waals surface area contributed by atoms with E-state index in [1.807, 2.05) is 6.92 Å². The summed E-state index contributed by atoms with van der Waals surface area (Å²) in [5.41, 5.74) is 2.11. The lowest BCUT2D eigenvalue weighted by molar-refractivity contribution is 0.435. The number of fused-ring (bicyclic) bond motifs is 2. The number of phenolic OH excluding ortho intramolecular Hbond substituents is 1. The van der Waals surface area contributed by atoms with E-state index in [0.29, 0.717) is 21.8 Å². The molecular formula is C17H12FN3O2. The fourth-order valence-corrected chi connectivity index (χ4v) is 2.57. The fourth-order valence-electron chi connectivity index (χ4n) is 2.57. The van der Waals surface area contributed by atoms with Crippen molar-refractivity contribution in [3.05, 3.63) is 54.2 Å². The second-order valence-corrected chi connectivity index (χ2v) is 5.27. The summed E-state index contributed by atoms with van der Waals surface area (Å²) in [7, 11) is 0. The molecule has 0 saturated carbocycles. The van der Waals surface area contributed by atoms with Gasteiger partial charge < -0.3 is 14.8 Å². The molecule has 0 amide bonds. The van der Waals surface area contributed by atoms with Crippen molar-refractivity contribution in [2.75, 3.05) is 0 Å². The summed E-state index contributed by atoms with van der Waals surface area (Å²) in [6, 6.07) is 9.69. The van der Waals surface area contributed by atoms with Crippen LogP contribution in [0.2, 0.25) is 0 Å². The van der Waals surface area contributed by atoms with E-state index in [1.165, 1.54) is 18.5 Å². The minimum absolute atomic E-state index is 0.0876. The monoisotopic (exact) mass is 309 g/mol. The fraction of sp³-hybridized carbons (Fsp3) is 0.0588. The molecule has 0 aliphatic heterocycles. The smallest absolute Gasteiger partial charge is 0.230 e. The van der Waals surface area contributed by atoms with Crippen LogP contribution in [-0.4, -0.2) is 20.1 Å². The quantitative estimate of drug-likeness (QED) is 0.586. The summed E-state index contributed by atoms with van der Waals surface area (Å²) in [5.74, 6) is -0.0278. The van der Waals surface area contributed by atoms with Gasteiger partial charge in [0, 0.05) is 22.7 Å². The van der Waals surface area contributed by atoms with Crippen LogP contribution in [0.5, 0.6) is 17.4 Å². The molecule has 0 atom stereocenters. The predicted octanol–water partition coefficient (Wildman–Crippen LogP) is 4.06. The zero-order valence-corrected chi connectivity index (χ0v) is 12.2. The van der Waals surface area contributed by atoms with Gasteiger partial charge in [-0.3, -0.25) is 0 Å². The van der Waals surface area contributed by atoms with Crippen molar-refractivity contribution in [3.8, 4) is 17.4 Å². The second-order valence-electron chi connectivity index (χ2n) is 5.27. The van der Waals surface area contributed by atoms with Gasteiger partial charge in [0.2, 0.25) is 5.88 Å². The molecule has 0 bridgehead atoms. The van der Waals surface area contributed by atoms with E-state index in [1.54, 1.807) is 24.3 Å². The summed E-state index contributed by atoms with van der Waals surface area (Å²) < 4.78 is 20.3. The third-order valence-corrected chi connectivity index (χ3v) is 3.63. The zero-order valence-electron chi connectivity index (χ0n) is 12.2. The van der Waals surface area contributed by atoms with Gasteiger partial charge in [0.15, 0.2) is 11.6 Å². The highest BCUT2D eigenvalue weighted by atomic mass is 19.1. The highest BCUT2D eigenvalue weighted by Gasteiger charge is 2.13. The molecular weight excluding hydrogens is 297 g/mol. The van der Waals surface area contributed by atoms with E-state index in [9.17, 15) is 9.50 Å². The number of aromatic amines is 1. The lowest BCUT2D eigenvalue weighted by Gasteiger charge is -2.08. The lowest BCUT2D eigenvalue weighted by atomic mass is 10.2. The molecule has 6 heteroatoms. The molecule has 2 aromatic heterocycles. The number of hydrogen-bond donors (Lipinski definition) is 2. The SMILES string of the molecule is Cc1cc2c(F)c(Oc3ncnc4cc(O)ccc34)ccc2[nH]1. The standard InChI is InChI=1S/C17H12FN3O2/c1-9-6-12-13(21-9)4-5-15(16(12)18)23-17-11-3-2-10(22)7-14(11)19-8-20-17/h2-8,21-22H,1H3. The number of aryl methyl sites for hydroxylation is 1. The van der Waals surface area contributed by atoms with Crippen molar-refractivity contribution >= 4 is 21.8 Å². The van der Waals surface area contributed by atoms with E-state index < -0.39 is 5.82 Å². The van der Waals surface area contributed by atoms with Gasteiger partial charge in [0.05, 0.1) is 10.9 Å². The molecule has 2 N–H and O–H groups in total. The van der Waals surface area contributed by atoms with Crippen LogP contribution in [0.25, 0.3) is 21.8 Å². The third-order valence-electron chi connectivity index (χ3n) is 3.63. The number of aromatic hydroxyl groups is 1. The average molecular weight is 309 g/mol. The van der Waals surface area contributed by atoms with Gasteiger partial charge in [-0.25, -0.2) is 14.4 Å². The normalized spacial score (nSPS) is 11.2. The maximum atomic E-state index is 14.6. The van der Waals surface area contributed by atoms with Crippen LogP contribution >= 0.6 is 0 Å². The minimum atomic E-state index is -0.447. The number of nitrogens with zero attached hydrogens (tertiary/aromatic N) is 2. The van der Waals surface area contributed by atoms with E-state index in [0.717, 1.165) is 5.69 Å². The van der Waals surface area contributed by atoms with Gasteiger partial charge >= 0.3 is 0 Å². The minimum Gasteiger partial charge on any atom is -0.508 e. The van der Waals surface area contributed by atoms with Gasteiger partial charge in [0.25, 0.3) is 0 Å². The molecule has 4 aromatic rings. The molecule has 2 aromatic carbocycles. The number of phenols is 1. The molecule has 23 heavy (non-hydrogen) atoms. The molecule has 0 radical (unpaired) electrons. The van der Waals surface area contributed by atoms with Crippen molar-refractivity contribution in [2.45, 2.75) is 6.92 Å². The van der Waals surface area contributed by atoms with Crippen molar-refractivity contribution in [2.24, 2.45) is 0 Å². The Morgan fingerprint density at radius 2 is 1.96 bits per heavy atom. The molecule has 0 unspecified atom stereocenters. The van der Waals surface area contributed by atoms with Crippen LogP contribution < -0.4 is 4.74 Å². The summed E-state index contributed by atoms with van der Waals surface area (Å²) >= 11 is 0. The second kappa shape index (κ2) is 4.95. The van der Waals surface area contributed by atoms with E-state index in [-0.39, 0.29) is 17.4 Å². The number of hydrogen-bond acceptors (Lipinski definition) is 4. The molecule has 2 heterocycles. The van der Waals surface area contributed by atoms with Crippen LogP contribution in [0.4, 0.5) is 4.39 Å². The van der Waals surface area contributed by atoms with Crippen LogP contribution in [0.3, 0.4) is 0 Å². The summed E-state index contributed by atoms with van der Waals surface area (Å²) in [6.45, 7) is 1.87. The summed E-state index contributed by atoms with van der Waals surface area (Å²) in [6.07, 6.45) is 1.31. The van der Waals surface area contributed by atoms with Gasteiger partial charge in [0.1, 0.15) is 12.1 Å². The average Bonchev–Trinajstić information content (AvgIpc) is 2.91. The molecule has 0 aliphatic carbocycles. The first-order valence-electron chi connectivity index (χ1n) is 7.01. The molecule has 5 nitrogen and oxygen atoms in total. The number of nitrogens with one attached hydrogen (secondary N) is 1. The highest BCUT2D eigenvalue weighted by Crippen LogP contribution is 2.33. The van der Waals surface area contributed by atoms with Crippen molar-refractivity contribution in [1.82, 2.24) is 15.0 Å². The van der Waals surface area contributed by atoms with Crippen molar-refractivity contribution < 1.29 is 14.2 Å². The van der Waals surface area contributed by atoms with Crippen LogP contribution in [-0.2, 0) is 0 Å². The Balaban J connectivity index is 1.83. The number of aromatic nitrogens is 3. The number of halogens is 1. The van der Waals surface area contributed by atoms with Crippen LogP contribution in [0.15, 0.2) is 42.7 Å². The first-order chi connectivity index (χ1) is 11.1. The van der Waals surface area contributed by atoms with Crippen LogP contribution in [0.1, 0.15) is 5.69 Å².